The van der Waals surface area contributed by atoms with Crippen LogP contribution >= 0.6 is 23.2 Å². The molecular weight excluding hydrogens is 231 g/mol. The number of aliphatic hydroxyl groups excluding tert-OH is 1. The quantitative estimate of drug-likeness (QED) is 0.789. The van der Waals surface area contributed by atoms with Crippen LogP contribution in [0.2, 0.25) is 10.0 Å². The van der Waals surface area contributed by atoms with Crippen LogP contribution in [0.15, 0.2) is 30.9 Å². The highest BCUT2D eigenvalue weighted by atomic mass is 35.5. The van der Waals surface area contributed by atoms with E-state index in [1.54, 1.807) is 24.3 Å². The van der Waals surface area contributed by atoms with Crippen LogP contribution in [0.3, 0.4) is 0 Å². The van der Waals surface area contributed by atoms with E-state index >= 15 is 0 Å². The first kappa shape index (κ1) is 12.6. The summed E-state index contributed by atoms with van der Waals surface area (Å²) >= 11 is 11.8. The number of hydrogen-bond donors (Lipinski definition) is 1. The van der Waals surface area contributed by atoms with Crippen molar-refractivity contribution in [2.24, 2.45) is 5.41 Å². The fourth-order valence-corrected chi connectivity index (χ4v) is 1.75. The molecule has 1 N–H and O–H groups in total. The van der Waals surface area contributed by atoms with Crippen molar-refractivity contribution in [1.82, 2.24) is 0 Å². The van der Waals surface area contributed by atoms with Gasteiger partial charge in [-0.05, 0) is 12.1 Å². The maximum absolute atomic E-state index is 10.1. The Hall–Kier alpha value is -0.500. The van der Waals surface area contributed by atoms with Crippen molar-refractivity contribution in [3.05, 3.63) is 46.5 Å². The van der Waals surface area contributed by atoms with Crippen molar-refractivity contribution >= 4 is 23.2 Å². The third-order valence-electron chi connectivity index (χ3n) is 2.49. The van der Waals surface area contributed by atoms with E-state index in [0.717, 1.165) is 0 Å². The largest absolute Gasteiger partial charge is 0.387 e. The summed E-state index contributed by atoms with van der Waals surface area (Å²) in [5.74, 6) is 0. The lowest BCUT2D eigenvalue weighted by atomic mass is 9.83. The molecule has 15 heavy (non-hydrogen) atoms. The van der Waals surface area contributed by atoms with Crippen molar-refractivity contribution in [2.75, 3.05) is 0 Å². The van der Waals surface area contributed by atoms with Gasteiger partial charge >= 0.3 is 0 Å². The first-order chi connectivity index (χ1) is 6.88. The van der Waals surface area contributed by atoms with Crippen LogP contribution in [0.5, 0.6) is 0 Å². The molecule has 1 nitrogen and oxygen atoms in total. The molecule has 1 atom stereocenters. The normalized spacial score (nSPS) is 13.7. The molecule has 0 aliphatic heterocycles. The van der Waals surface area contributed by atoms with E-state index in [2.05, 4.69) is 6.58 Å². The molecule has 0 bridgehead atoms. The predicted octanol–water partition coefficient (Wildman–Crippen LogP) is 4.24. The van der Waals surface area contributed by atoms with Crippen molar-refractivity contribution in [3.63, 3.8) is 0 Å². The molecule has 1 aromatic rings. The average Bonchev–Trinajstić information content (AvgIpc) is 2.17. The van der Waals surface area contributed by atoms with Gasteiger partial charge < -0.3 is 5.11 Å². The number of benzene rings is 1. The second-order valence-electron chi connectivity index (χ2n) is 4.09. The van der Waals surface area contributed by atoms with Gasteiger partial charge in [-0.1, -0.05) is 49.2 Å². The van der Waals surface area contributed by atoms with Crippen LogP contribution in [0, 0.1) is 5.41 Å². The first-order valence-electron chi connectivity index (χ1n) is 4.65. The summed E-state index contributed by atoms with van der Waals surface area (Å²) in [7, 11) is 0. The summed E-state index contributed by atoms with van der Waals surface area (Å²) in [6.45, 7) is 7.49. The molecule has 1 unspecified atom stereocenters. The van der Waals surface area contributed by atoms with Crippen LogP contribution in [0.25, 0.3) is 0 Å². The molecule has 0 aliphatic carbocycles. The Morgan fingerprint density at radius 1 is 1.40 bits per heavy atom. The highest BCUT2D eigenvalue weighted by molar-refractivity contribution is 6.35. The minimum atomic E-state index is -0.681. The molecule has 0 radical (unpaired) electrons. The molecule has 0 fully saturated rings. The monoisotopic (exact) mass is 244 g/mol. The van der Waals surface area contributed by atoms with E-state index < -0.39 is 11.5 Å². The maximum atomic E-state index is 10.1. The lowest BCUT2D eigenvalue weighted by Crippen LogP contribution is -2.19. The van der Waals surface area contributed by atoms with Gasteiger partial charge in [-0.25, -0.2) is 0 Å². The van der Waals surface area contributed by atoms with E-state index in [-0.39, 0.29) is 0 Å². The molecular formula is C12H14Cl2O. The van der Waals surface area contributed by atoms with Gasteiger partial charge in [0.1, 0.15) is 0 Å². The summed E-state index contributed by atoms with van der Waals surface area (Å²) in [5.41, 5.74) is 0.253. The topological polar surface area (TPSA) is 20.2 Å². The minimum Gasteiger partial charge on any atom is -0.387 e. The highest BCUT2D eigenvalue weighted by Gasteiger charge is 2.27. The van der Waals surface area contributed by atoms with Gasteiger partial charge in [0.2, 0.25) is 0 Å². The fourth-order valence-electron chi connectivity index (χ4n) is 1.24. The van der Waals surface area contributed by atoms with Gasteiger partial charge in [0.25, 0.3) is 0 Å². The Morgan fingerprint density at radius 2 is 2.00 bits per heavy atom. The zero-order valence-electron chi connectivity index (χ0n) is 8.80. The van der Waals surface area contributed by atoms with Gasteiger partial charge in [-0.2, -0.15) is 0 Å². The Labute approximate surface area is 100 Å². The van der Waals surface area contributed by atoms with Crippen LogP contribution in [0.1, 0.15) is 25.5 Å². The van der Waals surface area contributed by atoms with E-state index in [1.165, 1.54) is 0 Å². The third-order valence-corrected chi connectivity index (χ3v) is 3.05. The lowest BCUT2D eigenvalue weighted by molar-refractivity contribution is 0.0823. The molecule has 82 valence electrons. The molecule has 0 saturated carbocycles. The smallest absolute Gasteiger partial charge is 0.0889 e. The molecule has 0 aromatic heterocycles. The second-order valence-corrected chi connectivity index (χ2v) is 4.94. The van der Waals surface area contributed by atoms with Crippen molar-refractivity contribution in [1.29, 1.82) is 0 Å². The summed E-state index contributed by atoms with van der Waals surface area (Å²) in [4.78, 5) is 0. The standard InChI is InChI=1S/C12H14Cl2O/c1-4-12(2,3)11(15)9-6-5-8(13)7-10(9)14/h4-7,11,15H,1H2,2-3H3. The predicted molar refractivity (Wildman–Crippen MR) is 65.4 cm³/mol. The number of aliphatic hydroxyl groups is 1. The molecule has 0 spiro atoms. The van der Waals surface area contributed by atoms with Gasteiger partial charge in [0.05, 0.1) is 6.10 Å². The lowest BCUT2D eigenvalue weighted by Gasteiger charge is -2.27. The third kappa shape index (κ3) is 2.75. The van der Waals surface area contributed by atoms with Gasteiger partial charge in [0.15, 0.2) is 0 Å². The summed E-state index contributed by atoms with van der Waals surface area (Å²) in [6.07, 6.45) is 1.03. The fraction of sp³-hybridized carbons (Fsp3) is 0.333. The molecule has 0 heterocycles. The van der Waals surface area contributed by atoms with E-state index in [9.17, 15) is 5.11 Å². The van der Waals surface area contributed by atoms with Crippen molar-refractivity contribution in [3.8, 4) is 0 Å². The van der Waals surface area contributed by atoms with Crippen LogP contribution in [-0.4, -0.2) is 5.11 Å². The summed E-state index contributed by atoms with van der Waals surface area (Å²) in [5, 5.41) is 11.2. The summed E-state index contributed by atoms with van der Waals surface area (Å²) < 4.78 is 0. The molecule has 1 rings (SSSR count). The van der Waals surface area contributed by atoms with Gasteiger partial charge in [-0.15, -0.1) is 6.58 Å². The first-order valence-corrected chi connectivity index (χ1v) is 5.40. The Bertz CT molecular complexity index is 372. The Kier molecular flexibility index (Phi) is 3.82. The SMILES string of the molecule is C=CC(C)(C)C(O)c1ccc(Cl)cc1Cl. The number of hydrogen-bond acceptors (Lipinski definition) is 1. The van der Waals surface area contributed by atoms with Gasteiger partial charge in [-0.3, -0.25) is 0 Å². The zero-order chi connectivity index (χ0) is 11.6. The highest BCUT2D eigenvalue weighted by Crippen LogP contribution is 2.38. The second kappa shape index (κ2) is 4.56. The van der Waals surface area contributed by atoms with E-state index in [1.807, 2.05) is 13.8 Å². The zero-order valence-corrected chi connectivity index (χ0v) is 10.3. The Balaban J connectivity index is 3.11. The number of halogens is 2. The molecule has 0 saturated heterocycles. The molecule has 1 aromatic carbocycles. The number of rotatable bonds is 3. The minimum absolute atomic E-state index is 0.419. The van der Waals surface area contributed by atoms with Crippen LogP contribution in [-0.2, 0) is 0 Å². The maximum Gasteiger partial charge on any atom is 0.0889 e. The molecule has 0 amide bonds. The van der Waals surface area contributed by atoms with Gasteiger partial charge in [0, 0.05) is 21.0 Å². The van der Waals surface area contributed by atoms with E-state index in [0.29, 0.717) is 15.6 Å². The van der Waals surface area contributed by atoms with Crippen LogP contribution in [0.4, 0.5) is 0 Å². The Morgan fingerprint density at radius 3 is 2.47 bits per heavy atom. The van der Waals surface area contributed by atoms with Crippen LogP contribution < -0.4 is 0 Å². The molecule has 3 heteroatoms. The van der Waals surface area contributed by atoms with E-state index in [4.69, 9.17) is 23.2 Å². The summed E-state index contributed by atoms with van der Waals surface area (Å²) in [6, 6.07) is 5.08. The van der Waals surface area contributed by atoms with Crippen molar-refractivity contribution < 1.29 is 5.11 Å². The average molecular weight is 245 g/mol. The molecule has 0 aliphatic rings. The van der Waals surface area contributed by atoms with Crippen molar-refractivity contribution in [2.45, 2.75) is 20.0 Å².